The average molecular weight is 502 g/mol. The number of methoxy groups -OCH3 is 4. The Balaban J connectivity index is 1.46. The van der Waals surface area contributed by atoms with Crippen LogP contribution in [-0.2, 0) is 6.42 Å². The van der Waals surface area contributed by atoms with Crippen molar-refractivity contribution in [2.45, 2.75) is 18.6 Å². The normalized spacial score (nSPS) is 16.6. The molecule has 0 aliphatic carbocycles. The van der Waals surface area contributed by atoms with Crippen molar-refractivity contribution in [2.75, 3.05) is 28.4 Å². The number of aliphatic imine (C=N–C) groups is 1. The Hall–Kier alpha value is -4.53. The maximum absolute atomic E-state index is 6.29. The van der Waals surface area contributed by atoms with E-state index in [1.807, 2.05) is 48.5 Å². The topological polar surface area (TPSA) is 97.4 Å². The summed E-state index contributed by atoms with van der Waals surface area (Å²) in [5, 5.41) is 4.29. The molecule has 1 aliphatic heterocycles. The van der Waals surface area contributed by atoms with E-state index in [1.54, 1.807) is 46.8 Å². The summed E-state index contributed by atoms with van der Waals surface area (Å²) in [4.78, 5) is 9.47. The van der Waals surface area contributed by atoms with Gasteiger partial charge < -0.3 is 28.2 Å². The SMILES string of the molecule is COc1ccc(/C=N/C2Oc3ccccc3CC2c2noc(-c3ccc(OC)c(OC)c3)n2)cc1OC. The van der Waals surface area contributed by atoms with Crippen molar-refractivity contribution in [1.82, 2.24) is 10.1 Å². The summed E-state index contributed by atoms with van der Waals surface area (Å²) in [6.07, 6.45) is 1.84. The fourth-order valence-corrected chi connectivity index (χ4v) is 4.26. The lowest BCUT2D eigenvalue weighted by atomic mass is 9.93. The van der Waals surface area contributed by atoms with Crippen LogP contribution in [0.15, 0.2) is 70.2 Å². The van der Waals surface area contributed by atoms with Crippen molar-refractivity contribution >= 4 is 6.21 Å². The van der Waals surface area contributed by atoms with Crippen LogP contribution in [0.4, 0.5) is 0 Å². The smallest absolute Gasteiger partial charge is 0.258 e. The van der Waals surface area contributed by atoms with Crippen LogP contribution >= 0.6 is 0 Å². The molecular formula is C28H27N3O6. The van der Waals surface area contributed by atoms with Crippen LogP contribution in [0, 0.1) is 0 Å². The second kappa shape index (κ2) is 10.6. The van der Waals surface area contributed by atoms with Crippen LogP contribution in [0.5, 0.6) is 28.7 Å². The predicted molar refractivity (Wildman–Crippen MR) is 137 cm³/mol. The van der Waals surface area contributed by atoms with Crippen LogP contribution < -0.4 is 23.7 Å². The fourth-order valence-electron chi connectivity index (χ4n) is 4.26. The molecule has 0 saturated carbocycles. The number of rotatable bonds is 8. The minimum Gasteiger partial charge on any atom is -0.493 e. The third-order valence-corrected chi connectivity index (χ3v) is 6.19. The minimum atomic E-state index is -0.557. The first-order valence-corrected chi connectivity index (χ1v) is 11.7. The number of ether oxygens (including phenoxy) is 5. The number of nitrogens with zero attached hydrogens (tertiary/aromatic N) is 3. The minimum absolute atomic E-state index is 0.260. The van der Waals surface area contributed by atoms with Crippen molar-refractivity contribution in [3.05, 3.63) is 77.6 Å². The van der Waals surface area contributed by atoms with Crippen LogP contribution in [0.1, 0.15) is 22.9 Å². The molecule has 9 heteroatoms. The lowest BCUT2D eigenvalue weighted by Gasteiger charge is -2.29. The van der Waals surface area contributed by atoms with Crippen molar-refractivity contribution in [3.63, 3.8) is 0 Å². The van der Waals surface area contributed by atoms with Gasteiger partial charge in [-0.1, -0.05) is 23.4 Å². The Kier molecular flexibility index (Phi) is 6.93. The zero-order valence-corrected chi connectivity index (χ0v) is 21.0. The van der Waals surface area contributed by atoms with Gasteiger partial charge in [-0.2, -0.15) is 4.98 Å². The highest BCUT2D eigenvalue weighted by molar-refractivity contribution is 5.81. The van der Waals surface area contributed by atoms with Crippen LogP contribution in [0.2, 0.25) is 0 Å². The van der Waals surface area contributed by atoms with Crippen molar-refractivity contribution in [2.24, 2.45) is 4.99 Å². The zero-order valence-electron chi connectivity index (χ0n) is 21.0. The van der Waals surface area contributed by atoms with Gasteiger partial charge in [0.1, 0.15) is 5.75 Å². The van der Waals surface area contributed by atoms with Gasteiger partial charge in [0.2, 0.25) is 0 Å². The molecule has 1 aliphatic rings. The largest absolute Gasteiger partial charge is 0.493 e. The highest BCUT2D eigenvalue weighted by atomic mass is 16.5. The molecule has 9 nitrogen and oxygen atoms in total. The summed E-state index contributed by atoms with van der Waals surface area (Å²) in [5.41, 5.74) is 2.62. The van der Waals surface area contributed by atoms with E-state index in [9.17, 15) is 0 Å². The van der Waals surface area contributed by atoms with Crippen molar-refractivity contribution in [1.29, 1.82) is 0 Å². The summed E-state index contributed by atoms with van der Waals surface area (Å²) in [6.45, 7) is 0. The summed E-state index contributed by atoms with van der Waals surface area (Å²) in [6, 6.07) is 18.9. The van der Waals surface area contributed by atoms with Gasteiger partial charge in [0.15, 0.2) is 35.1 Å². The Bertz CT molecular complexity index is 1420. The molecule has 37 heavy (non-hydrogen) atoms. The Morgan fingerprint density at radius 1 is 0.838 bits per heavy atom. The fraction of sp³-hybridized carbons (Fsp3) is 0.250. The Morgan fingerprint density at radius 3 is 2.30 bits per heavy atom. The van der Waals surface area contributed by atoms with Gasteiger partial charge in [0.05, 0.1) is 34.4 Å². The standard InChI is InChI=1S/C28H27N3O6/c1-32-22-11-9-17(13-24(22)34-3)16-29-28-20(14-18-7-5-6-8-21(18)36-28)26-30-27(37-31-26)19-10-12-23(33-2)25(15-19)35-4/h5-13,15-16,20,28H,14H2,1-4H3/b29-16+. The van der Waals surface area contributed by atoms with Gasteiger partial charge in [0.25, 0.3) is 5.89 Å². The third-order valence-electron chi connectivity index (χ3n) is 6.19. The number of fused-ring (bicyclic) bond motifs is 1. The molecule has 2 unspecified atom stereocenters. The second-order valence-corrected chi connectivity index (χ2v) is 8.35. The second-order valence-electron chi connectivity index (χ2n) is 8.35. The summed E-state index contributed by atoms with van der Waals surface area (Å²) in [5.74, 6) is 3.87. The number of aromatic nitrogens is 2. The number of benzene rings is 3. The van der Waals surface area contributed by atoms with E-state index < -0.39 is 6.23 Å². The van der Waals surface area contributed by atoms with Gasteiger partial charge in [-0.25, -0.2) is 4.99 Å². The maximum atomic E-state index is 6.29. The molecule has 0 amide bonds. The van der Waals surface area contributed by atoms with E-state index in [4.69, 9.17) is 38.2 Å². The van der Waals surface area contributed by atoms with Gasteiger partial charge in [-0.15, -0.1) is 0 Å². The van der Waals surface area contributed by atoms with Crippen molar-refractivity contribution in [3.8, 4) is 40.2 Å². The van der Waals surface area contributed by atoms with Crippen LogP contribution in [0.25, 0.3) is 11.5 Å². The van der Waals surface area contributed by atoms with E-state index in [2.05, 4.69) is 5.16 Å². The zero-order chi connectivity index (χ0) is 25.8. The average Bonchev–Trinajstić information content (AvgIpc) is 3.45. The first kappa shape index (κ1) is 24.2. The monoisotopic (exact) mass is 501 g/mol. The van der Waals surface area contributed by atoms with Gasteiger partial charge in [-0.05, 0) is 60.0 Å². The number of hydrogen-bond donors (Lipinski definition) is 0. The van der Waals surface area contributed by atoms with Crippen LogP contribution in [-0.4, -0.2) is 51.0 Å². The molecule has 0 fully saturated rings. The highest BCUT2D eigenvalue weighted by Gasteiger charge is 2.34. The molecular weight excluding hydrogens is 474 g/mol. The molecule has 2 atom stereocenters. The molecule has 0 bridgehead atoms. The molecule has 0 radical (unpaired) electrons. The van der Waals surface area contributed by atoms with Gasteiger partial charge in [0, 0.05) is 11.8 Å². The first-order chi connectivity index (χ1) is 18.1. The summed E-state index contributed by atoms with van der Waals surface area (Å²) < 4.78 is 33.4. The number of para-hydroxylation sites is 1. The molecule has 0 saturated heterocycles. The first-order valence-electron chi connectivity index (χ1n) is 11.7. The maximum Gasteiger partial charge on any atom is 0.258 e. The lowest BCUT2D eigenvalue weighted by Crippen LogP contribution is -2.30. The highest BCUT2D eigenvalue weighted by Crippen LogP contribution is 2.37. The number of hydrogen-bond acceptors (Lipinski definition) is 9. The van der Waals surface area contributed by atoms with E-state index in [0.29, 0.717) is 41.1 Å². The third kappa shape index (κ3) is 4.93. The Morgan fingerprint density at radius 2 is 1.54 bits per heavy atom. The van der Waals surface area contributed by atoms with Crippen molar-refractivity contribution < 1.29 is 28.2 Å². The molecule has 0 N–H and O–H groups in total. The lowest BCUT2D eigenvalue weighted by molar-refractivity contribution is 0.153. The predicted octanol–water partition coefficient (Wildman–Crippen LogP) is 4.93. The molecule has 3 aromatic carbocycles. The molecule has 2 heterocycles. The van der Waals surface area contributed by atoms with Gasteiger partial charge in [-0.3, -0.25) is 0 Å². The molecule has 1 aromatic heterocycles. The molecule has 5 rings (SSSR count). The van der Waals surface area contributed by atoms with E-state index in [0.717, 1.165) is 22.4 Å². The summed E-state index contributed by atoms with van der Waals surface area (Å²) in [7, 11) is 6.37. The van der Waals surface area contributed by atoms with Crippen LogP contribution in [0.3, 0.4) is 0 Å². The quantitative estimate of drug-likeness (QED) is 0.313. The van der Waals surface area contributed by atoms with E-state index in [-0.39, 0.29) is 5.92 Å². The van der Waals surface area contributed by atoms with E-state index in [1.165, 1.54) is 0 Å². The Labute approximate surface area is 214 Å². The van der Waals surface area contributed by atoms with E-state index >= 15 is 0 Å². The molecule has 4 aromatic rings. The summed E-state index contributed by atoms with van der Waals surface area (Å²) >= 11 is 0. The molecule has 0 spiro atoms. The molecule has 190 valence electrons. The van der Waals surface area contributed by atoms with Gasteiger partial charge >= 0.3 is 0 Å².